The van der Waals surface area contributed by atoms with E-state index in [-0.39, 0.29) is 0 Å². The molecule has 7 nitrogen and oxygen atoms in total. The van der Waals surface area contributed by atoms with E-state index in [0.29, 0.717) is 17.5 Å². The van der Waals surface area contributed by atoms with Crippen LogP contribution in [0.25, 0.3) is 120 Å². The first-order valence-electron chi connectivity index (χ1n) is 18.1. The van der Waals surface area contributed by atoms with E-state index in [0.717, 1.165) is 102 Å². The fourth-order valence-electron chi connectivity index (χ4n) is 7.49. The van der Waals surface area contributed by atoms with Crippen molar-refractivity contribution >= 4 is 87.0 Å². The van der Waals surface area contributed by atoms with Crippen molar-refractivity contribution in [3.8, 4) is 55.3 Å². The van der Waals surface area contributed by atoms with Gasteiger partial charge in [0.1, 0.15) is 32.3 Å². The number of aromatic nitrogens is 5. The predicted octanol–water partition coefficient (Wildman–Crippen LogP) is 13.2. The first-order valence-corrected chi connectivity index (χ1v) is 19.8. The molecular formula is C47H25N5O2S2. The van der Waals surface area contributed by atoms with Gasteiger partial charge in [-0.15, -0.1) is 22.7 Å². The summed E-state index contributed by atoms with van der Waals surface area (Å²) in [6, 6.07) is 51.4. The lowest BCUT2D eigenvalue weighted by Gasteiger charge is -2.11. The zero-order valence-corrected chi connectivity index (χ0v) is 30.9. The normalized spacial score (nSPS) is 11.9. The van der Waals surface area contributed by atoms with Gasteiger partial charge < -0.3 is 8.83 Å². The third-order valence-corrected chi connectivity index (χ3v) is 12.3. The molecule has 0 aliphatic heterocycles. The third kappa shape index (κ3) is 5.13. The first-order chi connectivity index (χ1) is 27.7. The van der Waals surface area contributed by atoms with Crippen LogP contribution in [0.4, 0.5) is 0 Å². The lowest BCUT2D eigenvalue weighted by Crippen LogP contribution is -2.00. The van der Waals surface area contributed by atoms with Gasteiger partial charge in [-0.2, -0.15) is 0 Å². The summed E-state index contributed by atoms with van der Waals surface area (Å²) in [5, 5.41) is 5.92. The molecule has 0 spiro atoms. The monoisotopic (exact) mass is 755 g/mol. The summed E-state index contributed by atoms with van der Waals surface area (Å²) in [6.45, 7) is 0. The lowest BCUT2D eigenvalue weighted by molar-refractivity contribution is 0.668. The molecule has 9 heteroatoms. The van der Waals surface area contributed by atoms with Crippen molar-refractivity contribution in [1.82, 2.24) is 24.9 Å². The predicted molar refractivity (Wildman–Crippen MR) is 228 cm³/mol. The quantitative estimate of drug-likeness (QED) is 0.173. The van der Waals surface area contributed by atoms with Crippen LogP contribution in [-0.4, -0.2) is 24.9 Å². The van der Waals surface area contributed by atoms with Gasteiger partial charge in [0, 0.05) is 49.4 Å². The SMILES string of the molecule is c1ccc2sc(-c3cc(-c4nc(-c5ccc6oc7ccccc7c6c5)nc(-c5ccc6oc7ccccc7c6c5)n4)cc(-c4nc5ccccc5s4)c3)nc2c1. The van der Waals surface area contributed by atoms with Crippen LogP contribution in [0.5, 0.6) is 0 Å². The molecule has 12 aromatic rings. The number of nitrogens with zero attached hydrogens (tertiary/aromatic N) is 5. The molecule has 0 aliphatic carbocycles. The summed E-state index contributed by atoms with van der Waals surface area (Å²) < 4.78 is 14.6. The topological polar surface area (TPSA) is 90.7 Å². The van der Waals surface area contributed by atoms with Gasteiger partial charge in [-0.05, 0) is 91.0 Å². The van der Waals surface area contributed by atoms with Gasteiger partial charge in [-0.1, -0.05) is 60.7 Å². The molecule has 7 aromatic carbocycles. The van der Waals surface area contributed by atoms with Gasteiger partial charge in [0.15, 0.2) is 17.5 Å². The highest BCUT2D eigenvalue weighted by Gasteiger charge is 2.19. The van der Waals surface area contributed by atoms with Crippen LogP contribution in [0.3, 0.4) is 0 Å². The molecule has 0 fully saturated rings. The highest BCUT2D eigenvalue weighted by atomic mass is 32.1. The van der Waals surface area contributed by atoms with Crippen molar-refractivity contribution < 1.29 is 8.83 Å². The molecule has 0 N–H and O–H groups in total. The van der Waals surface area contributed by atoms with Gasteiger partial charge in [-0.3, -0.25) is 0 Å². The zero-order valence-electron chi connectivity index (χ0n) is 29.3. The zero-order chi connectivity index (χ0) is 36.7. The van der Waals surface area contributed by atoms with Gasteiger partial charge >= 0.3 is 0 Å². The molecule has 0 saturated heterocycles. The van der Waals surface area contributed by atoms with E-state index in [1.54, 1.807) is 22.7 Å². The summed E-state index contributed by atoms with van der Waals surface area (Å²) in [5.41, 5.74) is 9.73. The van der Waals surface area contributed by atoms with Crippen LogP contribution in [0, 0.1) is 0 Å². The molecule has 0 radical (unpaired) electrons. The molecular weight excluding hydrogens is 731 g/mol. The number of thiazole rings is 2. The molecule has 0 saturated carbocycles. The summed E-state index contributed by atoms with van der Waals surface area (Å²) >= 11 is 3.34. The molecule has 0 unspecified atom stereocenters. The second-order valence-corrected chi connectivity index (χ2v) is 15.8. The van der Waals surface area contributed by atoms with E-state index in [9.17, 15) is 0 Å². The number of para-hydroxylation sites is 4. The van der Waals surface area contributed by atoms with Gasteiger partial charge in [-0.25, -0.2) is 24.9 Å². The van der Waals surface area contributed by atoms with E-state index in [2.05, 4.69) is 78.9 Å². The second-order valence-electron chi connectivity index (χ2n) is 13.7. The molecule has 262 valence electrons. The molecule has 0 amide bonds. The maximum absolute atomic E-state index is 6.18. The highest BCUT2D eigenvalue weighted by molar-refractivity contribution is 7.22. The van der Waals surface area contributed by atoms with Crippen LogP contribution in [-0.2, 0) is 0 Å². The number of rotatable bonds is 5. The summed E-state index contributed by atoms with van der Waals surface area (Å²) in [4.78, 5) is 25.7. The molecule has 12 rings (SSSR count). The average molecular weight is 756 g/mol. The second kappa shape index (κ2) is 12.2. The molecule has 5 aromatic heterocycles. The Labute approximate surface area is 326 Å². The van der Waals surface area contributed by atoms with Crippen molar-refractivity contribution in [3.05, 3.63) is 152 Å². The van der Waals surface area contributed by atoms with Crippen molar-refractivity contribution in [1.29, 1.82) is 0 Å². The summed E-state index contributed by atoms with van der Waals surface area (Å²) in [5.74, 6) is 1.66. The van der Waals surface area contributed by atoms with Crippen molar-refractivity contribution in [2.45, 2.75) is 0 Å². The molecule has 56 heavy (non-hydrogen) atoms. The highest BCUT2D eigenvalue weighted by Crippen LogP contribution is 2.40. The van der Waals surface area contributed by atoms with Gasteiger partial charge in [0.05, 0.1) is 20.4 Å². The third-order valence-electron chi connectivity index (χ3n) is 10.2. The maximum Gasteiger partial charge on any atom is 0.164 e. The molecule has 0 bridgehead atoms. The minimum Gasteiger partial charge on any atom is -0.456 e. The molecule has 0 atom stereocenters. The minimum absolute atomic E-state index is 0.546. The van der Waals surface area contributed by atoms with E-state index in [1.807, 2.05) is 72.8 Å². The Morgan fingerprint density at radius 3 is 1.23 bits per heavy atom. The number of benzene rings is 7. The van der Waals surface area contributed by atoms with E-state index in [4.69, 9.17) is 33.8 Å². The fraction of sp³-hybridized carbons (Fsp3) is 0. The van der Waals surface area contributed by atoms with E-state index in [1.165, 1.54) is 0 Å². The van der Waals surface area contributed by atoms with Crippen LogP contribution in [0.15, 0.2) is 160 Å². The smallest absolute Gasteiger partial charge is 0.164 e. The number of hydrogen-bond donors (Lipinski definition) is 0. The summed E-state index contributed by atoms with van der Waals surface area (Å²) in [7, 11) is 0. The molecule has 5 heterocycles. The minimum atomic E-state index is 0.546. The Morgan fingerprint density at radius 1 is 0.321 bits per heavy atom. The van der Waals surface area contributed by atoms with Crippen molar-refractivity contribution in [2.24, 2.45) is 0 Å². The Kier molecular flexibility index (Phi) is 6.83. The number of hydrogen-bond acceptors (Lipinski definition) is 9. The van der Waals surface area contributed by atoms with Crippen molar-refractivity contribution in [2.75, 3.05) is 0 Å². The van der Waals surface area contributed by atoms with Crippen molar-refractivity contribution in [3.63, 3.8) is 0 Å². The Bertz CT molecular complexity index is 3230. The van der Waals surface area contributed by atoms with Crippen LogP contribution in [0.1, 0.15) is 0 Å². The van der Waals surface area contributed by atoms with Gasteiger partial charge in [0.2, 0.25) is 0 Å². The van der Waals surface area contributed by atoms with E-state index < -0.39 is 0 Å². The van der Waals surface area contributed by atoms with Gasteiger partial charge in [0.25, 0.3) is 0 Å². The molecule has 0 aliphatic rings. The maximum atomic E-state index is 6.18. The van der Waals surface area contributed by atoms with Crippen LogP contribution in [0.2, 0.25) is 0 Å². The fourth-order valence-corrected chi connectivity index (χ4v) is 9.39. The van der Waals surface area contributed by atoms with Crippen LogP contribution >= 0.6 is 22.7 Å². The number of furan rings is 2. The Morgan fingerprint density at radius 2 is 0.732 bits per heavy atom. The Balaban J connectivity index is 1.10. The first kappa shape index (κ1) is 31.3. The largest absolute Gasteiger partial charge is 0.456 e. The summed E-state index contributed by atoms with van der Waals surface area (Å²) in [6.07, 6.45) is 0. The number of fused-ring (bicyclic) bond motifs is 8. The standard InChI is InChI=1S/C47H25N5O2S2/c1-5-13-37-31(9-1)33-24-26(17-19-39(33)53-37)43-50-44(27-18-20-40-34(25-27)32-10-2-6-14-38(32)54-40)52-45(51-43)28-21-29(46-48-35-11-3-7-15-41(35)55-46)23-30(22-28)47-49-36-12-4-8-16-42(36)56-47/h1-25H. The lowest BCUT2D eigenvalue weighted by atomic mass is 10.0. The Hall–Kier alpha value is -7.07. The average Bonchev–Trinajstić information content (AvgIpc) is 4.05. The van der Waals surface area contributed by atoms with Crippen LogP contribution < -0.4 is 0 Å². The van der Waals surface area contributed by atoms with E-state index >= 15 is 0 Å².